The molecule has 0 saturated carbocycles. The summed E-state index contributed by atoms with van der Waals surface area (Å²) in [5.41, 5.74) is 0. The molecular weight excluding hydrogens is 370 g/mol. The van der Waals surface area contributed by atoms with Gasteiger partial charge < -0.3 is 14.6 Å². The maximum absolute atomic E-state index is 12.0. The summed E-state index contributed by atoms with van der Waals surface area (Å²) in [7, 11) is -1.96. The highest BCUT2D eigenvalue weighted by Crippen LogP contribution is 2.31. The number of nitrogens with one attached hydrogen (secondary N) is 1. The van der Waals surface area contributed by atoms with Crippen molar-refractivity contribution in [1.29, 1.82) is 0 Å². The zero-order valence-electron chi connectivity index (χ0n) is 11.1. The van der Waals surface area contributed by atoms with Crippen LogP contribution < -0.4 is 4.72 Å². The van der Waals surface area contributed by atoms with Gasteiger partial charge >= 0.3 is 0 Å². The molecule has 9 heteroatoms. The van der Waals surface area contributed by atoms with Crippen LogP contribution in [0.1, 0.15) is 11.3 Å². The Morgan fingerprint density at radius 1 is 1.40 bits per heavy atom. The van der Waals surface area contributed by atoms with E-state index in [1.807, 2.05) is 0 Å². The number of hydrogen-bond acceptors (Lipinski definition) is 6. The van der Waals surface area contributed by atoms with E-state index in [1.165, 1.54) is 17.4 Å². The van der Waals surface area contributed by atoms with Crippen LogP contribution in [0.5, 0.6) is 0 Å². The second kappa shape index (κ2) is 9.08. The van der Waals surface area contributed by atoms with Gasteiger partial charge in [0.1, 0.15) is 4.90 Å². The average Bonchev–Trinajstić information content (AvgIpc) is 2.80. The molecule has 0 saturated heterocycles. The molecular formula is C11H18BrNO5S2. The summed E-state index contributed by atoms with van der Waals surface area (Å²) < 4.78 is 37.1. The molecule has 1 heterocycles. The fourth-order valence-electron chi connectivity index (χ4n) is 1.36. The van der Waals surface area contributed by atoms with Crippen molar-refractivity contribution in [3.05, 3.63) is 14.7 Å². The quantitative estimate of drug-likeness (QED) is 0.591. The minimum atomic E-state index is -3.56. The SMILES string of the molecule is COCCOCCCNS(=O)(=O)c1cc(CO)sc1Br. The van der Waals surface area contributed by atoms with Gasteiger partial charge in [-0.1, -0.05) is 0 Å². The lowest BCUT2D eigenvalue weighted by Gasteiger charge is -2.06. The van der Waals surface area contributed by atoms with Crippen molar-refractivity contribution in [3.63, 3.8) is 0 Å². The standard InChI is InChI=1S/C11H18BrNO5S2/c1-17-5-6-18-4-2-3-13-20(15,16)10-7-9(8-14)19-11(10)12/h7,13-14H,2-6,8H2,1H3. The minimum absolute atomic E-state index is 0.159. The van der Waals surface area contributed by atoms with Crippen LogP contribution in [0.4, 0.5) is 0 Å². The van der Waals surface area contributed by atoms with Gasteiger partial charge in [-0.05, 0) is 28.4 Å². The fourth-order valence-corrected chi connectivity index (χ4v) is 4.98. The third-order valence-electron chi connectivity index (χ3n) is 2.34. The maximum atomic E-state index is 12.0. The zero-order valence-corrected chi connectivity index (χ0v) is 14.3. The number of ether oxygens (including phenoxy) is 2. The fraction of sp³-hybridized carbons (Fsp3) is 0.636. The van der Waals surface area contributed by atoms with Crippen LogP contribution in [0.15, 0.2) is 14.7 Å². The topological polar surface area (TPSA) is 84.9 Å². The van der Waals surface area contributed by atoms with E-state index in [4.69, 9.17) is 14.6 Å². The normalized spacial score (nSPS) is 11.9. The van der Waals surface area contributed by atoms with E-state index >= 15 is 0 Å². The first-order valence-electron chi connectivity index (χ1n) is 5.96. The Kier molecular flexibility index (Phi) is 8.18. The Labute approximate surface area is 131 Å². The van der Waals surface area contributed by atoms with Gasteiger partial charge in [-0.15, -0.1) is 11.3 Å². The van der Waals surface area contributed by atoms with Crippen LogP contribution >= 0.6 is 27.3 Å². The monoisotopic (exact) mass is 387 g/mol. The van der Waals surface area contributed by atoms with Crippen LogP contribution in [0, 0.1) is 0 Å². The average molecular weight is 388 g/mol. The molecule has 2 N–H and O–H groups in total. The molecule has 0 spiro atoms. The Bertz CT molecular complexity index is 503. The molecule has 0 aliphatic rings. The first-order valence-corrected chi connectivity index (χ1v) is 9.06. The van der Waals surface area contributed by atoms with Crippen molar-refractivity contribution >= 4 is 37.3 Å². The summed E-state index contributed by atoms with van der Waals surface area (Å²) in [5.74, 6) is 0. The van der Waals surface area contributed by atoms with Crippen molar-refractivity contribution in [2.45, 2.75) is 17.9 Å². The highest BCUT2D eigenvalue weighted by atomic mass is 79.9. The summed E-state index contributed by atoms with van der Waals surface area (Å²) in [6, 6.07) is 1.46. The molecule has 0 aromatic carbocycles. The summed E-state index contributed by atoms with van der Waals surface area (Å²) in [6.45, 7) is 1.62. The molecule has 1 aromatic heterocycles. The van der Waals surface area contributed by atoms with Crippen molar-refractivity contribution in [2.24, 2.45) is 0 Å². The van der Waals surface area contributed by atoms with Crippen molar-refractivity contribution in [3.8, 4) is 0 Å². The Balaban J connectivity index is 2.40. The largest absolute Gasteiger partial charge is 0.391 e. The molecule has 0 aliphatic heterocycles. The van der Waals surface area contributed by atoms with E-state index in [-0.39, 0.29) is 11.5 Å². The lowest BCUT2D eigenvalue weighted by atomic mass is 10.5. The molecule has 0 aliphatic carbocycles. The number of aliphatic hydroxyl groups excluding tert-OH is 1. The van der Waals surface area contributed by atoms with E-state index in [0.29, 0.717) is 41.4 Å². The Hall–Kier alpha value is -0.0300. The van der Waals surface area contributed by atoms with Gasteiger partial charge in [0.05, 0.1) is 23.6 Å². The number of methoxy groups -OCH3 is 1. The zero-order chi connectivity index (χ0) is 15.0. The minimum Gasteiger partial charge on any atom is -0.391 e. The van der Waals surface area contributed by atoms with E-state index in [1.54, 1.807) is 7.11 Å². The molecule has 0 radical (unpaired) electrons. The van der Waals surface area contributed by atoms with Crippen LogP contribution in [-0.2, 0) is 26.1 Å². The van der Waals surface area contributed by atoms with Crippen LogP contribution in [0.25, 0.3) is 0 Å². The molecule has 1 aromatic rings. The van der Waals surface area contributed by atoms with Crippen LogP contribution in [-0.4, -0.2) is 47.0 Å². The van der Waals surface area contributed by atoms with E-state index in [9.17, 15) is 8.42 Å². The molecule has 116 valence electrons. The summed E-state index contributed by atoms with van der Waals surface area (Å²) in [5, 5.41) is 9.01. The van der Waals surface area contributed by atoms with Crippen molar-refractivity contribution in [2.75, 3.05) is 33.5 Å². The molecule has 0 unspecified atom stereocenters. The second-order valence-corrected chi connectivity index (χ2v) is 8.06. The maximum Gasteiger partial charge on any atom is 0.242 e. The van der Waals surface area contributed by atoms with Gasteiger partial charge in [0.25, 0.3) is 0 Å². The van der Waals surface area contributed by atoms with Gasteiger partial charge in [-0.3, -0.25) is 0 Å². The van der Waals surface area contributed by atoms with Crippen molar-refractivity contribution in [1.82, 2.24) is 4.72 Å². The molecule has 20 heavy (non-hydrogen) atoms. The number of hydrogen-bond donors (Lipinski definition) is 2. The second-order valence-electron chi connectivity index (χ2n) is 3.87. The summed E-state index contributed by atoms with van der Waals surface area (Å²) in [6.07, 6.45) is 0.581. The smallest absolute Gasteiger partial charge is 0.242 e. The van der Waals surface area contributed by atoms with Gasteiger partial charge in [-0.2, -0.15) is 0 Å². The van der Waals surface area contributed by atoms with Gasteiger partial charge in [0.15, 0.2) is 0 Å². The molecule has 6 nitrogen and oxygen atoms in total. The highest BCUT2D eigenvalue weighted by molar-refractivity contribution is 9.11. The van der Waals surface area contributed by atoms with Crippen molar-refractivity contribution < 1.29 is 23.0 Å². The van der Waals surface area contributed by atoms with Crippen LogP contribution in [0.2, 0.25) is 0 Å². The van der Waals surface area contributed by atoms with Gasteiger partial charge in [0, 0.05) is 25.1 Å². The van der Waals surface area contributed by atoms with E-state index < -0.39 is 10.0 Å². The Morgan fingerprint density at radius 2 is 2.15 bits per heavy atom. The van der Waals surface area contributed by atoms with E-state index in [2.05, 4.69) is 20.7 Å². The molecule has 0 fully saturated rings. The number of sulfonamides is 1. The molecule has 0 atom stereocenters. The summed E-state index contributed by atoms with van der Waals surface area (Å²) in [4.78, 5) is 0.756. The lowest BCUT2D eigenvalue weighted by Crippen LogP contribution is -2.25. The van der Waals surface area contributed by atoms with E-state index in [0.717, 1.165) is 0 Å². The predicted octanol–water partition coefficient (Wildman–Crippen LogP) is 1.33. The first kappa shape index (κ1) is 18.0. The Morgan fingerprint density at radius 3 is 2.75 bits per heavy atom. The summed E-state index contributed by atoms with van der Waals surface area (Å²) >= 11 is 4.40. The predicted molar refractivity (Wildman–Crippen MR) is 80.4 cm³/mol. The van der Waals surface area contributed by atoms with Crippen LogP contribution in [0.3, 0.4) is 0 Å². The molecule has 0 bridgehead atoms. The first-order chi connectivity index (χ1) is 9.51. The number of rotatable bonds is 10. The number of halogens is 1. The van der Waals surface area contributed by atoms with Gasteiger partial charge in [0.2, 0.25) is 10.0 Å². The lowest BCUT2D eigenvalue weighted by molar-refractivity contribution is 0.0699. The highest BCUT2D eigenvalue weighted by Gasteiger charge is 2.20. The number of aliphatic hydroxyl groups is 1. The number of thiophene rings is 1. The third-order valence-corrected chi connectivity index (χ3v) is 6.04. The molecule has 1 rings (SSSR count). The molecule has 0 amide bonds. The third kappa shape index (κ3) is 5.76. The van der Waals surface area contributed by atoms with Gasteiger partial charge in [-0.25, -0.2) is 13.1 Å².